The number of hydrogen-bond donors (Lipinski definition) is 2. The first-order valence-electron chi connectivity index (χ1n) is 4.63. The Kier molecular flexibility index (Phi) is 1.82. The first kappa shape index (κ1) is 9.70. The molecule has 0 saturated heterocycles. The van der Waals surface area contributed by atoms with Crippen LogP contribution in [0.5, 0.6) is 0 Å². The third-order valence-corrected chi connectivity index (χ3v) is 2.16. The lowest BCUT2D eigenvalue weighted by atomic mass is 9.93. The summed E-state index contributed by atoms with van der Waals surface area (Å²) >= 11 is 0. The highest BCUT2D eigenvalue weighted by molar-refractivity contribution is 5.39. The maximum atomic E-state index is 11.5. The second-order valence-electron chi connectivity index (χ2n) is 4.47. The average molecular weight is 207 g/mol. The fourth-order valence-corrected chi connectivity index (χ4v) is 1.42. The van der Waals surface area contributed by atoms with E-state index in [9.17, 15) is 4.79 Å². The molecule has 0 spiro atoms. The van der Waals surface area contributed by atoms with Gasteiger partial charge < -0.3 is 5.73 Å². The van der Waals surface area contributed by atoms with Gasteiger partial charge >= 0.3 is 0 Å². The largest absolute Gasteiger partial charge is 0.368 e. The zero-order valence-corrected chi connectivity index (χ0v) is 8.90. The first-order valence-corrected chi connectivity index (χ1v) is 4.63. The standard InChI is InChI=1S/C9H13N5O/c1-9(2,3)5-4-11-6-7(15)12-8(10)13-14(5)6/h4H,1-3H3,(H3,10,12,13,15). The van der Waals surface area contributed by atoms with Crippen molar-refractivity contribution in [2.75, 3.05) is 5.73 Å². The second kappa shape index (κ2) is 2.82. The number of H-pyrrole nitrogens is 1. The van der Waals surface area contributed by atoms with Crippen LogP contribution in [0.15, 0.2) is 11.0 Å². The summed E-state index contributed by atoms with van der Waals surface area (Å²) in [6.45, 7) is 6.07. The van der Waals surface area contributed by atoms with E-state index in [1.165, 1.54) is 4.52 Å². The molecule has 80 valence electrons. The van der Waals surface area contributed by atoms with Crippen LogP contribution in [0.3, 0.4) is 0 Å². The first-order chi connectivity index (χ1) is 6.89. The average Bonchev–Trinajstić information content (AvgIpc) is 2.45. The number of rotatable bonds is 0. The molecule has 0 atom stereocenters. The SMILES string of the molecule is CC(C)(C)c1cnc2c(=O)[nH]c(N)nn12. The van der Waals surface area contributed by atoms with Crippen molar-refractivity contribution in [2.45, 2.75) is 26.2 Å². The van der Waals surface area contributed by atoms with Crippen LogP contribution in [0.1, 0.15) is 26.5 Å². The second-order valence-corrected chi connectivity index (χ2v) is 4.47. The van der Waals surface area contributed by atoms with E-state index >= 15 is 0 Å². The van der Waals surface area contributed by atoms with Gasteiger partial charge in [0.15, 0.2) is 0 Å². The van der Waals surface area contributed by atoms with Crippen molar-refractivity contribution in [3.8, 4) is 0 Å². The van der Waals surface area contributed by atoms with E-state index in [4.69, 9.17) is 5.73 Å². The molecule has 0 fully saturated rings. The van der Waals surface area contributed by atoms with Crippen LogP contribution in [0.4, 0.5) is 5.95 Å². The van der Waals surface area contributed by atoms with E-state index in [2.05, 4.69) is 15.1 Å². The lowest BCUT2D eigenvalue weighted by Crippen LogP contribution is -2.20. The van der Waals surface area contributed by atoms with Crippen molar-refractivity contribution in [1.29, 1.82) is 0 Å². The summed E-state index contributed by atoms with van der Waals surface area (Å²) in [5.74, 6) is 0.0935. The van der Waals surface area contributed by atoms with Gasteiger partial charge in [0.2, 0.25) is 11.6 Å². The van der Waals surface area contributed by atoms with Gasteiger partial charge in [-0.2, -0.15) is 0 Å². The number of nitrogens with two attached hydrogens (primary N) is 1. The molecule has 0 unspecified atom stereocenters. The topological polar surface area (TPSA) is 89.1 Å². The van der Waals surface area contributed by atoms with Crippen LogP contribution < -0.4 is 11.3 Å². The third-order valence-electron chi connectivity index (χ3n) is 2.16. The molecule has 0 aliphatic carbocycles. The van der Waals surface area contributed by atoms with Crippen molar-refractivity contribution < 1.29 is 0 Å². The predicted octanol–water partition coefficient (Wildman–Crippen LogP) is 0.297. The molecule has 6 nitrogen and oxygen atoms in total. The number of anilines is 1. The number of hydrogen-bond acceptors (Lipinski definition) is 4. The van der Waals surface area contributed by atoms with Crippen molar-refractivity contribution >= 4 is 11.6 Å². The van der Waals surface area contributed by atoms with Gasteiger partial charge in [-0.3, -0.25) is 9.78 Å². The Morgan fingerprint density at radius 1 is 1.47 bits per heavy atom. The molecule has 3 N–H and O–H groups in total. The van der Waals surface area contributed by atoms with Gasteiger partial charge in [0, 0.05) is 5.41 Å². The zero-order valence-electron chi connectivity index (χ0n) is 8.90. The minimum absolute atomic E-state index is 0.0935. The van der Waals surface area contributed by atoms with Crippen molar-refractivity contribution in [3.63, 3.8) is 0 Å². The molecule has 2 aromatic rings. The Hall–Kier alpha value is -1.85. The summed E-state index contributed by atoms with van der Waals surface area (Å²) in [7, 11) is 0. The maximum absolute atomic E-state index is 11.5. The lowest BCUT2D eigenvalue weighted by Gasteiger charge is -2.16. The lowest BCUT2D eigenvalue weighted by molar-refractivity contribution is 0.550. The summed E-state index contributed by atoms with van der Waals surface area (Å²) in [5, 5.41) is 4.04. The molecule has 0 aliphatic rings. The number of nitrogen functional groups attached to an aromatic ring is 1. The zero-order chi connectivity index (χ0) is 11.2. The van der Waals surface area contributed by atoms with Crippen molar-refractivity contribution in [2.24, 2.45) is 0 Å². The summed E-state index contributed by atoms with van der Waals surface area (Å²) in [5.41, 5.74) is 6.16. The van der Waals surface area contributed by atoms with E-state index in [0.717, 1.165) is 5.69 Å². The molecule has 0 saturated carbocycles. The third kappa shape index (κ3) is 1.47. The fraction of sp³-hybridized carbons (Fsp3) is 0.444. The minimum atomic E-state index is -0.321. The number of nitrogens with zero attached hydrogens (tertiary/aromatic N) is 3. The number of imidazole rings is 1. The smallest absolute Gasteiger partial charge is 0.295 e. The van der Waals surface area contributed by atoms with Crippen LogP contribution in [-0.4, -0.2) is 19.6 Å². The molecule has 0 amide bonds. The van der Waals surface area contributed by atoms with E-state index in [1.54, 1.807) is 6.20 Å². The molecule has 6 heteroatoms. The molecular formula is C9H13N5O. The van der Waals surface area contributed by atoms with Gasteiger partial charge in [-0.05, 0) is 0 Å². The van der Waals surface area contributed by atoms with Crippen molar-refractivity contribution in [3.05, 3.63) is 22.2 Å². The Labute approximate surface area is 86.1 Å². The van der Waals surface area contributed by atoms with Gasteiger partial charge in [0.05, 0.1) is 11.9 Å². The highest BCUT2D eigenvalue weighted by Gasteiger charge is 2.20. The van der Waals surface area contributed by atoms with Gasteiger partial charge in [0.1, 0.15) is 0 Å². The minimum Gasteiger partial charge on any atom is -0.368 e. The quantitative estimate of drug-likeness (QED) is 0.650. The molecule has 2 heterocycles. The number of fused-ring (bicyclic) bond motifs is 1. The predicted molar refractivity (Wildman–Crippen MR) is 56.7 cm³/mol. The highest BCUT2D eigenvalue weighted by Crippen LogP contribution is 2.21. The van der Waals surface area contributed by atoms with Gasteiger partial charge in [-0.1, -0.05) is 20.8 Å². The fourth-order valence-electron chi connectivity index (χ4n) is 1.42. The van der Waals surface area contributed by atoms with E-state index in [1.807, 2.05) is 20.8 Å². The van der Waals surface area contributed by atoms with Crippen LogP contribution in [0.2, 0.25) is 0 Å². The summed E-state index contributed by atoms with van der Waals surface area (Å²) in [6.07, 6.45) is 1.65. The molecule has 0 radical (unpaired) electrons. The molecule has 15 heavy (non-hydrogen) atoms. The van der Waals surface area contributed by atoms with Crippen LogP contribution in [-0.2, 0) is 5.41 Å². The van der Waals surface area contributed by atoms with Crippen molar-refractivity contribution in [1.82, 2.24) is 19.6 Å². The Morgan fingerprint density at radius 3 is 2.73 bits per heavy atom. The Bertz CT molecular complexity index is 560. The number of aromatic amines is 1. The molecule has 2 rings (SSSR count). The summed E-state index contributed by atoms with van der Waals surface area (Å²) in [4.78, 5) is 17.9. The molecule has 0 aromatic carbocycles. The van der Waals surface area contributed by atoms with E-state index in [-0.39, 0.29) is 22.6 Å². The highest BCUT2D eigenvalue weighted by atomic mass is 16.1. The van der Waals surface area contributed by atoms with E-state index in [0.29, 0.717) is 0 Å². The molecular weight excluding hydrogens is 194 g/mol. The Balaban J connectivity index is 2.86. The number of aromatic nitrogens is 4. The van der Waals surface area contributed by atoms with Crippen LogP contribution in [0, 0.1) is 0 Å². The van der Waals surface area contributed by atoms with Crippen LogP contribution in [0.25, 0.3) is 5.65 Å². The monoisotopic (exact) mass is 207 g/mol. The normalized spacial score (nSPS) is 12.2. The summed E-state index contributed by atoms with van der Waals surface area (Å²) in [6, 6.07) is 0. The molecule has 2 aromatic heterocycles. The van der Waals surface area contributed by atoms with Gasteiger partial charge in [0.25, 0.3) is 5.56 Å². The van der Waals surface area contributed by atoms with E-state index < -0.39 is 0 Å². The molecule has 0 bridgehead atoms. The van der Waals surface area contributed by atoms with Crippen LogP contribution >= 0.6 is 0 Å². The van der Waals surface area contributed by atoms with Gasteiger partial charge in [-0.15, -0.1) is 5.10 Å². The summed E-state index contributed by atoms with van der Waals surface area (Å²) < 4.78 is 1.49. The Morgan fingerprint density at radius 2 is 2.13 bits per heavy atom. The van der Waals surface area contributed by atoms with Gasteiger partial charge in [-0.25, -0.2) is 9.50 Å². The molecule has 0 aliphatic heterocycles. The maximum Gasteiger partial charge on any atom is 0.295 e. The number of nitrogens with one attached hydrogen (secondary N) is 1.